The maximum Gasteiger partial charge on any atom is 0.244 e. The van der Waals surface area contributed by atoms with E-state index in [0.717, 1.165) is 22.7 Å². The number of nitrogens with zero attached hydrogens (tertiary/aromatic N) is 3. The second-order valence-electron chi connectivity index (χ2n) is 4.66. The topological polar surface area (TPSA) is 62.7 Å². The lowest BCUT2D eigenvalue weighted by atomic mass is 10.2. The number of rotatable bonds is 5. The van der Waals surface area contributed by atoms with Crippen molar-refractivity contribution >= 4 is 29.1 Å². The summed E-state index contributed by atoms with van der Waals surface area (Å²) in [5, 5.41) is 15.0. The molecular formula is C14H18ClN5. The summed E-state index contributed by atoms with van der Waals surface area (Å²) in [5.41, 5.74) is 1.89. The number of nitrogens with one attached hydrogen (secondary N) is 2. The van der Waals surface area contributed by atoms with Crippen molar-refractivity contribution in [1.29, 1.82) is 0 Å². The predicted molar refractivity (Wildman–Crippen MR) is 82.7 cm³/mol. The van der Waals surface area contributed by atoms with E-state index in [1.165, 1.54) is 0 Å². The van der Waals surface area contributed by atoms with E-state index in [4.69, 9.17) is 11.6 Å². The molecule has 0 amide bonds. The van der Waals surface area contributed by atoms with Gasteiger partial charge in [0.1, 0.15) is 0 Å². The van der Waals surface area contributed by atoms with Crippen molar-refractivity contribution in [3.8, 4) is 0 Å². The molecule has 0 spiro atoms. The summed E-state index contributed by atoms with van der Waals surface area (Å²) >= 11 is 6.10. The Morgan fingerprint density at radius 3 is 2.90 bits per heavy atom. The number of hydrogen-bond acceptors (Lipinski definition) is 5. The molecule has 0 bridgehead atoms. The molecule has 0 aliphatic rings. The Labute approximate surface area is 123 Å². The molecule has 2 aromatic rings. The minimum absolute atomic E-state index is 0.306. The lowest BCUT2D eigenvalue weighted by Crippen LogP contribution is -2.16. The van der Waals surface area contributed by atoms with Gasteiger partial charge in [0.2, 0.25) is 5.95 Å². The van der Waals surface area contributed by atoms with Crippen molar-refractivity contribution in [2.75, 3.05) is 10.6 Å². The highest BCUT2D eigenvalue weighted by Gasteiger charge is 2.06. The molecule has 0 aliphatic heterocycles. The maximum atomic E-state index is 6.10. The second kappa shape index (κ2) is 6.52. The van der Waals surface area contributed by atoms with Crippen molar-refractivity contribution in [1.82, 2.24) is 15.2 Å². The zero-order chi connectivity index (χ0) is 14.5. The van der Waals surface area contributed by atoms with Gasteiger partial charge in [0.25, 0.3) is 0 Å². The Kier molecular flexibility index (Phi) is 4.74. The van der Waals surface area contributed by atoms with Crippen LogP contribution >= 0.6 is 11.6 Å². The molecule has 0 fully saturated rings. The van der Waals surface area contributed by atoms with Crippen molar-refractivity contribution in [3.05, 3.63) is 35.0 Å². The summed E-state index contributed by atoms with van der Waals surface area (Å²) < 4.78 is 0. The van der Waals surface area contributed by atoms with Gasteiger partial charge in [0, 0.05) is 16.8 Å². The van der Waals surface area contributed by atoms with Crippen LogP contribution in [-0.4, -0.2) is 21.2 Å². The fourth-order valence-corrected chi connectivity index (χ4v) is 1.80. The Bertz CT molecular complexity index is 588. The molecule has 106 valence electrons. The molecule has 0 saturated heterocycles. The van der Waals surface area contributed by atoms with E-state index in [-0.39, 0.29) is 0 Å². The van der Waals surface area contributed by atoms with E-state index in [0.29, 0.717) is 17.8 Å². The normalized spacial score (nSPS) is 12.0. The van der Waals surface area contributed by atoms with Crippen molar-refractivity contribution in [2.45, 2.75) is 33.2 Å². The molecule has 1 aromatic heterocycles. The number of hydrogen-bond donors (Lipinski definition) is 2. The summed E-state index contributed by atoms with van der Waals surface area (Å²) in [5.74, 6) is 1.15. The molecule has 20 heavy (non-hydrogen) atoms. The van der Waals surface area contributed by atoms with Crippen LogP contribution in [0, 0.1) is 6.92 Å². The third-order valence-corrected chi connectivity index (χ3v) is 3.49. The van der Waals surface area contributed by atoms with Gasteiger partial charge in [-0.25, -0.2) is 0 Å². The standard InChI is InChI=1S/C14H18ClN5/c1-4-9(2)17-14-19-13(8-16-20-14)18-12-7-5-6-11(15)10(12)3/h5-9H,4H2,1-3H3,(H2,17,18,19,20). The van der Waals surface area contributed by atoms with Crippen LogP contribution in [0.15, 0.2) is 24.4 Å². The zero-order valence-corrected chi connectivity index (χ0v) is 12.6. The highest BCUT2D eigenvalue weighted by atomic mass is 35.5. The average molecular weight is 292 g/mol. The first-order valence-corrected chi connectivity index (χ1v) is 6.96. The smallest absolute Gasteiger partial charge is 0.244 e. The quantitative estimate of drug-likeness (QED) is 0.877. The van der Waals surface area contributed by atoms with Gasteiger partial charge in [0.05, 0.1) is 6.20 Å². The Hall–Kier alpha value is -1.88. The molecule has 0 aliphatic carbocycles. The van der Waals surface area contributed by atoms with Gasteiger partial charge in [0.15, 0.2) is 5.82 Å². The summed E-state index contributed by atoms with van der Waals surface area (Å²) in [6.45, 7) is 6.13. The van der Waals surface area contributed by atoms with Crippen LogP contribution in [0.5, 0.6) is 0 Å². The summed E-state index contributed by atoms with van der Waals surface area (Å²) in [7, 11) is 0. The lowest BCUT2D eigenvalue weighted by molar-refractivity contribution is 0.746. The van der Waals surface area contributed by atoms with Crippen molar-refractivity contribution in [3.63, 3.8) is 0 Å². The monoisotopic (exact) mass is 291 g/mol. The van der Waals surface area contributed by atoms with E-state index in [1.807, 2.05) is 25.1 Å². The van der Waals surface area contributed by atoms with Gasteiger partial charge in [-0.05, 0) is 38.0 Å². The minimum atomic E-state index is 0.306. The van der Waals surface area contributed by atoms with Crippen LogP contribution in [0.4, 0.5) is 17.5 Å². The molecule has 1 aromatic carbocycles. The van der Waals surface area contributed by atoms with Crippen LogP contribution in [0.3, 0.4) is 0 Å². The van der Waals surface area contributed by atoms with E-state index < -0.39 is 0 Å². The van der Waals surface area contributed by atoms with Crippen LogP contribution in [0.2, 0.25) is 5.02 Å². The van der Waals surface area contributed by atoms with E-state index in [2.05, 4.69) is 39.7 Å². The Morgan fingerprint density at radius 2 is 2.15 bits per heavy atom. The molecule has 0 saturated carbocycles. The molecule has 0 radical (unpaired) electrons. The fourth-order valence-electron chi connectivity index (χ4n) is 1.63. The average Bonchev–Trinajstić information content (AvgIpc) is 2.44. The molecule has 1 heterocycles. The largest absolute Gasteiger partial charge is 0.350 e. The van der Waals surface area contributed by atoms with Crippen LogP contribution in [0.25, 0.3) is 0 Å². The highest BCUT2D eigenvalue weighted by molar-refractivity contribution is 6.31. The van der Waals surface area contributed by atoms with Gasteiger partial charge < -0.3 is 10.6 Å². The maximum absolute atomic E-state index is 6.10. The minimum Gasteiger partial charge on any atom is -0.350 e. The SMILES string of the molecule is CCC(C)Nc1nncc(Nc2cccc(Cl)c2C)n1. The number of benzene rings is 1. The third-order valence-electron chi connectivity index (χ3n) is 3.08. The van der Waals surface area contributed by atoms with Gasteiger partial charge in [-0.2, -0.15) is 10.1 Å². The van der Waals surface area contributed by atoms with Crippen LogP contribution < -0.4 is 10.6 Å². The van der Waals surface area contributed by atoms with Gasteiger partial charge in [-0.15, -0.1) is 5.10 Å². The first kappa shape index (κ1) is 14.5. The van der Waals surface area contributed by atoms with Crippen molar-refractivity contribution < 1.29 is 0 Å². The molecule has 5 nitrogen and oxygen atoms in total. The summed E-state index contributed by atoms with van der Waals surface area (Å²) in [6, 6.07) is 6.01. The van der Waals surface area contributed by atoms with Gasteiger partial charge in [-0.1, -0.05) is 24.6 Å². The molecular weight excluding hydrogens is 274 g/mol. The molecule has 1 atom stereocenters. The van der Waals surface area contributed by atoms with E-state index in [1.54, 1.807) is 6.20 Å². The molecule has 6 heteroatoms. The number of anilines is 3. The predicted octanol–water partition coefficient (Wildman–Crippen LogP) is 3.79. The van der Waals surface area contributed by atoms with E-state index >= 15 is 0 Å². The summed E-state index contributed by atoms with van der Waals surface area (Å²) in [4.78, 5) is 4.39. The summed E-state index contributed by atoms with van der Waals surface area (Å²) in [6.07, 6.45) is 2.58. The lowest BCUT2D eigenvalue weighted by Gasteiger charge is -2.12. The van der Waals surface area contributed by atoms with Crippen LogP contribution in [0.1, 0.15) is 25.8 Å². The molecule has 1 unspecified atom stereocenters. The Morgan fingerprint density at radius 1 is 1.35 bits per heavy atom. The molecule has 2 rings (SSSR count). The first-order valence-electron chi connectivity index (χ1n) is 6.58. The van der Waals surface area contributed by atoms with Gasteiger partial charge >= 0.3 is 0 Å². The second-order valence-corrected chi connectivity index (χ2v) is 5.06. The van der Waals surface area contributed by atoms with Gasteiger partial charge in [-0.3, -0.25) is 0 Å². The van der Waals surface area contributed by atoms with E-state index in [9.17, 15) is 0 Å². The number of aromatic nitrogens is 3. The molecule has 2 N–H and O–H groups in total. The Balaban J connectivity index is 2.17. The highest BCUT2D eigenvalue weighted by Crippen LogP contribution is 2.25. The fraction of sp³-hybridized carbons (Fsp3) is 0.357. The van der Waals surface area contributed by atoms with Crippen molar-refractivity contribution in [2.24, 2.45) is 0 Å². The third kappa shape index (κ3) is 3.57. The zero-order valence-electron chi connectivity index (χ0n) is 11.8. The van der Waals surface area contributed by atoms with Crippen LogP contribution in [-0.2, 0) is 0 Å². The number of halogens is 1. The first-order chi connectivity index (χ1) is 9.60.